The molecule has 15 heavy (non-hydrogen) atoms. The fourth-order valence-corrected chi connectivity index (χ4v) is 1.30. The van der Waals surface area contributed by atoms with Gasteiger partial charge in [-0.05, 0) is 12.3 Å². The van der Waals surface area contributed by atoms with Crippen LogP contribution in [0.4, 0.5) is 0 Å². The molecular weight excluding hydrogens is 196 g/mol. The van der Waals surface area contributed by atoms with E-state index in [4.69, 9.17) is 10.8 Å². The van der Waals surface area contributed by atoms with Crippen molar-refractivity contribution in [1.82, 2.24) is 5.32 Å². The zero-order valence-electron chi connectivity index (χ0n) is 9.49. The second-order valence-electron chi connectivity index (χ2n) is 3.89. The van der Waals surface area contributed by atoms with Crippen LogP contribution in [-0.4, -0.2) is 29.6 Å². The molecule has 0 aliphatic rings. The van der Waals surface area contributed by atoms with Crippen LogP contribution in [0.25, 0.3) is 0 Å². The number of hydrogen-bond donors (Lipinski definition) is 3. The SMILES string of the molecule is CCC(NC(=O)C(CN)C(C)C)C(=O)O. The molecule has 0 aromatic rings. The number of amides is 1. The van der Waals surface area contributed by atoms with Crippen LogP contribution < -0.4 is 11.1 Å². The van der Waals surface area contributed by atoms with E-state index in [1.165, 1.54) is 0 Å². The van der Waals surface area contributed by atoms with Crippen molar-refractivity contribution in [3.8, 4) is 0 Å². The van der Waals surface area contributed by atoms with Crippen LogP contribution in [0.3, 0.4) is 0 Å². The number of aliphatic carboxylic acids is 1. The van der Waals surface area contributed by atoms with Gasteiger partial charge in [-0.1, -0.05) is 20.8 Å². The first-order valence-electron chi connectivity index (χ1n) is 5.17. The summed E-state index contributed by atoms with van der Waals surface area (Å²) < 4.78 is 0. The van der Waals surface area contributed by atoms with E-state index in [1.54, 1.807) is 6.92 Å². The van der Waals surface area contributed by atoms with Crippen LogP contribution in [0.5, 0.6) is 0 Å². The van der Waals surface area contributed by atoms with E-state index in [-0.39, 0.29) is 24.3 Å². The molecule has 0 heterocycles. The molecule has 0 aliphatic heterocycles. The molecule has 5 nitrogen and oxygen atoms in total. The number of carbonyl (C=O) groups excluding carboxylic acids is 1. The molecule has 5 heteroatoms. The summed E-state index contributed by atoms with van der Waals surface area (Å²) in [6.45, 7) is 5.73. The summed E-state index contributed by atoms with van der Waals surface area (Å²) in [5, 5.41) is 11.2. The number of carboxylic acids is 1. The molecule has 2 atom stereocenters. The summed E-state index contributed by atoms with van der Waals surface area (Å²) in [5.74, 6) is -1.49. The molecule has 0 radical (unpaired) electrons. The topological polar surface area (TPSA) is 92.4 Å². The normalized spacial score (nSPS) is 14.7. The lowest BCUT2D eigenvalue weighted by Crippen LogP contribution is -2.46. The molecule has 4 N–H and O–H groups in total. The molecule has 0 aromatic heterocycles. The minimum atomic E-state index is -1.01. The Hall–Kier alpha value is -1.10. The molecule has 0 fully saturated rings. The summed E-state index contributed by atoms with van der Waals surface area (Å²) in [6.07, 6.45) is 0.371. The molecular formula is C10H20N2O3. The van der Waals surface area contributed by atoms with E-state index in [0.29, 0.717) is 6.42 Å². The number of carbonyl (C=O) groups is 2. The minimum absolute atomic E-state index is 0.112. The predicted molar refractivity (Wildman–Crippen MR) is 57.2 cm³/mol. The van der Waals surface area contributed by atoms with Crippen molar-refractivity contribution < 1.29 is 14.7 Å². The Morgan fingerprint density at radius 3 is 2.20 bits per heavy atom. The van der Waals surface area contributed by atoms with E-state index >= 15 is 0 Å². The van der Waals surface area contributed by atoms with Gasteiger partial charge >= 0.3 is 5.97 Å². The summed E-state index contributed by atoms with van der Waals surface area (Å²) >= 11 is 0. The van der Waals surface area contributed by atoms with Gasteiger partial charge in [0.2, 0.25) is 5.91 Å². The van der Waals surface area contributed by atoms with Gasteiger partial charge in [0.15, 0.2) is 0 Å². The van der Waals surface area contributed by atoms with Gasteiger partial charge in [0.1, 0.15) is 6.04 Å². The van der Waals surface area contributed by atoms with Crippen molar-refractivity contribution in [2.45, 2.75) is 33.2 Å². The average molecular weight is 216 g/mol. The third-order valence-corrected chi connectivity index (χ3v) is 2.42. The van der Waals surface area contributed by atoms with Crippen molar-refractivity contribution >= 4 is 11.9 Å². The van der Waals surface area contributed by atoms with Gasteiger partial charge in [-0.25, -0.2) is 4.79 Å². The first-order valence-corrected chi connectivity index (χ1v) is 5.17. The van der Waals surface area contributed by atoms with E-state index in [0.717, 1.165) is 0 Å². The maximum absolute atomic E-state index is 11.6. The predicted octanol–water partition coefficient (Wildman–Crippen LogP) is 0.197. The highest BCUT2D eigenvalue weighted by atomic mass is 16.4. The monoisotopic (exact) mass is 216 g/mol. The summed E-state index contributed by atoms with van der Waals surface area (Å²) in [6, 6.07) is -0.815. The quantitative estimate of drug-likeness (QED) is 0.591. The second-order valence-corrected chi connectivity index (χ2v) is 3.89. The fourth-order valence-electron chi connectivity index (χ4n) is 1.30. The number of nitrogens with one attached hydrogen (secondary N) is 1. The first kappa shape index (κ1) is 13.9. The number of carboxylic acid groups (broad SMARTS) is 1. The van der Waals surface area contributed by atoms with Crippen molar-refractivity contribution in [2.75, 3.05) is 6.54 Å². The molecule has 0 aromatic carbocycles. The molecule has 1 amide bonds. The second kappa shape index (κ2) is 6.40. The van der Waals surface area contributed by atoms with E-state index in [1.807, 2.05) is 13.8 Å². The Morgan fingerprint density at radius 2 is 1.93 bits per heavy atom. The molecule has 0 rings (SSSR count). The smallest absolute Gasteiger partial charge is 0.326 e. The lowest BCUT2D eigenvalue weighted by molar-refractivity contribution is -0.142. The van der Waals surface area contributed by atoms with Crippen LogP contribution in [0.15, 0.2) is 0 Å². The van der Waals surface area contributed by atoms with Gasteiger partial charge in [-0.2, -0.15) is 0 Å². The van der Waals surface area contributed by atoms with Gasteiger partial charge in [-0.3, -0.25) is 4.79 Å². The Labute approximate surface area is 90.0 Å². The minimum Gasteiger partial charge on any atom is -0.480 e. The van der Waals surface area contributed by atoms with Crippen molar-refractivity contribution in [3.05, 3.63) is 0 Å². The fraction of sp³-hybridized carbons (Fsp3) is 0.800. The molecule has 88 valence electrons. The molecule has 0 aliphatic carbocycles. The van der Waals surface area contributed by atoms with Gasteiger partial charge < -0.3 is 16.2 Å². The summed E-state index contributed by atoms with van der Waals surface area (Å²) in [5.41, 5.74) is 5.46. The Balaban J connectivity index is 4.38. The Bertz CT molecular complexity index is 229. The first-order chi connectivity index (χ1) is 6.93. The van der Waals surface area contributed by atoms with E-state index in [2.05, 4.69) is 5.32 Å². The van der Waals surface area contributed by atoms with Crippen LogP contribution in [0.1, 0.15) is 27.2 Å². The van der Waals surface area contributed by atoms with Gasteiger partial charge in [0.25, 0.3) is 0 Å². The van der Waals surface area contributed by atoms with Crippen LogP contribution in [0.2, 0.25) is 0 Å². The highest BCUT2D eigenvalue weighted by Gasteiger charge is 2.25. The van der Waals surface area contributed by atoms with Crippen LogP contribution in [0, 0.1) is 11.8 Å². The number of rotatable bonds is 6. The van der Waals surface area contributed by atoms with Crippen LogP contribution in [-0.2, 0) is 9.59 Å². The van der Waals surface area contributed by atoms with Gasteiger partial charge in [0.05, 0.1) is 5.92 Å². The average Bonchev–Trinajstić information content (AvgIpc) is 2.14. The van der Waals surface area contributed by atoms with E-state index < -0.39 is 12.0 Å². The van der Waals surface area contributed by atoms with Crippen LogP contribution >= 0.6 is 0 Å². The third-order valence-electron chi connectivity index (χ3n) is 2.42. The number of hydrogen-bond acceptors (Lipinski definition) is 3. The molecule has 2 unspecified atom stereocenters. The zero-order chi connectivity index (χ0) is 12.0. The number of nitrogens with two attached hydrogens (primary N) is 1. The largest absolute Gasteiger partial charge is 0.480 e. The standard InChI is InChI=1S/C10H20N2O3/c1-4-8(10(14)15)12-9(13)7(5-11)6(2)3/h6-8H,4-5,11H2,1-3H3,(H,12,13)(H,14,15). The van der Waals surface area contributed by atoms with Crippen molar-refractivity contribution in [2.24, 2.45) is 17.6 Å². The molecule has 0 spiro atoms. The molecule has 0 saturated heterocycles. The molecule has 0 bridgehead atoms. The van der Waals surface area contributed by atoms with E-state index in [9.17, 15) is 9.59 Å². The highest BCUT2D eigenvalue weighted by molar-refractivity contribution is 5.85. The van der Waals surface area contributed by atoms with Crippen molar-refractivity contribution in [3.63, 3.8) is 0 Å². The molecule has 0 saturated carbocycles. The maximum Gasteiger partial charge on any atom is 0.326 e. The lowest BCUT2D eigenvalue weighted by atomic mass is 9.95. The van der Waals surface area contributed by atoms with Gasteiger partial charge in [0, 0.05) is 6.54 Å². The highest BCUT2D eigenvalue weighted by Crippen LogP contribution is 2.09. The lowest BCUT2D eigenvalue weighted by Gasteiger charge is -2.20. The third kappa shape index (κ3) is 4.29. The Kier molecular flexibility index (Phi) is 5.93. The maximum atomic E-state index is 11.6. The summed E-state index contributed by atoms with van der Waals surface area (Å²) in [7, 11) is 0. The van der Waals surface area contributed by atoms with Gasteiger partial charge in [-0.15, -0.1) is 0 Å². The Morgan fingerprint density at radius 1 is 1.40 bits per heavy atom. The summed E-state index contributed by atoms with van der Waals surface area (Å²) in [4.78, 5) is 22.3. The zero-order valence-corrected chi connectivity index (χ0v) is 9.49. The van der Waals surface area contributed by atoms with Crippen molar-refractivity contribution in [1.29, 1.82) is 0 Å².